The average molecular weight is 379 g/mol. The lowest BCUT2D eigenvalue weighted by atomic mass is 10.2. The highest BCUT2D eigenvalue weighted by atomic mass is 35.5. The van der Waals surface area contributed by atoms with Gasteiger partial charge in [-0.15, -0.1) is 0 Å². The molecule has 0 aromatic heterocycles. The van der Waals surface area contributed by atoms with E-state index in [1.807, 2.05) is 6.07 Å². The number of nitriles is 1. The van der Waals surface area contributed by atoms with Gasteiger partial charge < -0.3 is 14.8 Å². The summed E-state index contributed by atoms with van der Waals surface area (Å²) in [6.45, 7) is -0.852. The number of anilines is 1. The molecule has 0 spiro atoms. The van der Waals surface area contributed by atoms with E-state index in [0.717, 1.165) is 0 Å². The molecule has 1 N–H and O–H groups in total. The van der Waals surface area contributed by atoms with Crippen molar-refractivity contribution in [2.45, 2.75) is 0 Å². The summed E-state index contributed by atoms with van der Waals surface area (Å²) in [5.74, 6) is -0.862. The molecule has 6 nitrogen and oxygen atoms in total. The van der Waals surface area contributed by atoms with Crippen molar-refractivity contribution >= 4 is 40.8 Å². The summed E-state index contributed by atoms with van der Waals surface area (Å²) in [6, 6.07) is 13.0. The number of amides is 1. The van der Waals surface area contributed by atoms with Crippen molar-refractivity contribution < 1.29 is 19.1 Å². The number of hydrogen-bond acceptors (Lipinski definition) is 5. The Balaban J connectivity index is 1.76. The first kappa shape index (κ1) is 18.6. The molecule has 0 aliphatic carbocycles. The molecule has 0 bridgehead atoms. The van der Waals surface area contributed by atoms with Crippen molar-refractivity contribution in [1.29, 1.82) is 5.26 Å². The van der Waals surface area contributed by atoms with Crippen LogP contribution in [-0.4, -0.2) is 25.1 Å². The number of benzene rings is 2. The van der Waals surface area contributed by atoms with Crippen LogP contribution in [0.4, 0.5) is 5.69 Å². The number of nitrogens with one attached hydrogen (secondary N) is 1. The first-order valence-electron chi connectivity index (χ1n) is 7.02. The molecule has 0 atom stereocenters. The van der Waals surface area contributed by atoms with Crippen LogP contribution in [0.15, 0.2) is 42.5 Å². The van der Waals surface area contributed by atoms with E-state index < -0.39 is 18.5 Å². The Morgan fingerprint density at radius 2 is 1.80 bits per heavy atom. The first-order valence-corrected chi connectivity index (χ1v) is 7.77. The fraction of sp³-hybridized carbons (Fsp3) is 0.118. The molecule has 0 aliphatic rings. The quantitative estimate of drug-likeness (QED) is 0.777. The summed E-state index contributed by atoms with van der Waals surface area (Å²) in [5.41, 5.74) is 0.801. The SMILES string of the molecule is N#Cc1ccc(OCC(=O)OCC(=O)Nc2cccc(Cl)c2Cl)cc1. The van der Waals surface area contributed by atoms with E-state index in [9.17, 15) is 9.59 Å². The highest BCUT2D eigenvalue weighted by Gasteiger charge is 2.11. The summed E-state index contributed by atoms with van der Waals surface area (Å²) in [5, 5.41) is 11.7. The molecule has 0 aliphatic heterocycles. The predicted octanol–water partition coefficient (Wildman–Crippen LogP) is 3.43. The van der Waals surface area contributed by atoms with E-state index in [2.05, 4.69) is 5.32 Å². The van der Waals surface area contributed by atoms with Gasteiger partial charge in [-0.25, -0.2) is 4.79 Å². The van der Waals surface area contributed by atoms with Crippen LogP contribution in [-0.2, 0) is 14.3 Å². The highest BCUT2D eigenvalue weighted by molar-refractivity contribution is 6.44. The van der Waals surface area contributed by atoms with E-state index >= 15 is 0 Å². The van der Waals surface area contributed by atoms with E-state index in [4.69, 9.17) is 37.9 Å². The number of rotatable bonds is 6. The molecule has 2 aromatic carbocycles. The van der Waals surface area contributed by atoms with Crippen LogP contribution in [0.5, 0.6) is 5.75 Å². The number of esters is 1. The normalized spacial score (nSPS) is 9.80. The van der Waals surface area contributed by atoms with Gasteiger partial charge in [0.05, 0.1) is 27.4 Å². The van der Waals surface area contributed by atoms with Gasteiger partial charge >= 0.3 is 5.97 Å². The Hall–Kier alpha value is -2.75. The zero-order valence-electron chi connectivity index (χ0n) is 12.8. The van der Waals surface area contributed by atoms with Crippen LogP contribution >= 0.6 is 23.2 Å². The van der Waals surface area contributed by atoms with Gasteiger partial charge in [0.15, 0.2) is 13.2 Å². The van der Waals surface area contributed by atoms with Crippen LogP contribution in [0.3, 0.4) is 0 Å². The second-order valence-corrected chi connectivity index (χ2v) is 5.52. The second kappa shape index (κ2) is 8.92. The van der Waals surface area contributed by atoms with Gasteiger partial charge in [0.1, 0.15) is 5.75 Å². The molecule has 0 saturated heterocycles. The number of hydrogen-bond donors (Lipinski definition) is 1. The maximum atomic E-state index is 11.8. The standard InChI is InChI=1S/C17H12Cl2N2O4/c18-13-2-1-3-14(17(13)19)21-15(22)9-25-16(23)10-24-12-6-4-11(8-20)5-7-12/h1-7H,9-10H2,(H,21,22). The molecule has 2 rings (SSSR count). The lowest BCUT2D eigenvalue weighted by molar-refractivity contribution is -0.149. The number of ether oxygens (including phenoxy) is 2. The maximum absolute atomic E-state index is 11.8. The Kier molecular flexibility index (Phi) is 6.63. The second-order valence-electron chi connectivity index (χ2n) is 4.74. The summed E-state index contributed by atoms with van der Waals surface area (Å²) < 4.78 is 10.0. The molecule has 25 heavy (non-hydrogen) atoms. The third-order valence-corrected chi connectivity index (χ3v) is 3.75. The zero-order chi connectivity index (χ0) is 18.2. The molecule has 0 fully saturated rings. The van der Waals surface area contributed by atoms with Crippen LogP contribution < -0.4 is 10.1 Å². The monoisotopic (exact) mass is 378 g/mol. The summed E-state index contributed by atoms with van der Waals surface area (Å²) in [4.78, 5) is 23.4. The van der Waals surface area contributed by atoms with E-state index in [1.165, 1.54) is 0 Å². The minimum Gasteiger partial charge on any atom is -0.482 e. The number of halogens is 2. The van der Waals surface area contributed by atoms with Gasteiger partial charge in [0.2, 0.25) is 0 Å². The average Bonchev–Trinajstić information content (AvgIpc) is 2.62. The van der Waals surface area contributed by atoms with Crippen LogP contribution in [0.2, 0.25) is 10.0 Å². The Bertz CT molecular complexity index is 816. The molecule has 0 unspecified atom stereocenters. The van der Waals surface area contributed by atoms with Crippen LogP contribution in [0, 0.1) is 11.3 Å². The summed E-state index contributed by atoms with van der Waals surface area (Å²) in [6.07, 6.45) is 0. The third kappa shape index (κ3) is 5.68. The van der Waals surface area contributed by atoms with E-state index in [1.54, 1.807) is 42.5 Å². The number of carbonyl (C=O) groups is 2. The lowest BCUT2D eigenvalue weighted by Crippen LogP contribution is -2.23. The molecule has 2 aromatic rings. The van der Waals surface area contributed by atoms with Crippen molar-refractivity contribution in [3.63, 3.8) is 0 Å². The Morgan fingerprint density at radius 3 is 2.48 bits per heavy atom. The maximum Gasteiger partial charge on any atom is 0.344 e. The molecule has 1 amide bonds. The smallest absolute Gasteiger partial charge is 0.344 e. The number of carbonyl (C=O) groups excluding carboxylic acids is 2. The van der Waals surface area contributed by atoms with Gasteiger partial charge in [-0.3, -0.25) is 4.79 Å². The zero-order valence-corrected chi connectivity index (χ0v) is 14.3. The Labute approximate surface area is 153 Å². The minimum absolute atomic E-state index is 0.202. The van der Waals surface area contributed by atoms with Gasteiger partial charge in [-0.05, 0) is 36.4 Å². The van der Waals surface area contributed by atoms with Gasteiger partial charge in [-0.2, -0.15) is 5.26 Å². The largest absolute Gasteiger partial charge is 0.482 e. The highest BCUT2D eigenvalue weighted by Crippen LogP contribution is 2.29. The van der Waals surface area contributed by atoms with Gasteiger partial charge in [-0.1, -0.05) is 29.3 Å². The molecular formula is C17H12Cl2N2O4. The van der Waals surface area contributed by atoms with Crippen LogP contribution in [0.25, 0.3) is 0 Å². The molecule has 0 saturated carbocycles. The van der Waals surface area contributed by atoms with E-state index in [-0.39, 0.29) is 11.6 Å². The molecule has 0 radical (unpaired) electrons. The molecule has 8 heteroatoms. The fourth-order valence-corrected chi connectivity index (χ4v) is 2.09. The number of nitrogens with zero attached hydrogens (tertiary/aromatic N) is 1. The lowest BCUT2D eigenvalue weighted by Gasteiger charge is -2.09. The molecule has 0 heterocycles. The van der Waals surface area contributed by atoms with Crippen molar-refractivity contribution in [2.75, 3.05) is 18.5 Å². The third-order valence-electron chi connectivity index (χ3n) is 2.93. The fourth-order valence-electron chi connectivity index (χ4n) is 1.74. The van der Waals surface area contributed by atoms with Crippen molar-refractivity contribution in [3.8, 4) is 11.8 Å². The molecular weight excluding hydrogens is 367 g/mol. The van der Waals surface area contributed by atoms with Crippen molar-refractivity contribution in [2.24, 2.45) is 0 Å². The van der Waals surface area contributed by atoms with Gasteiger partial charge in [0.25, 0.3) is 5.91 Å². The minimum atomic E-state index is -0.711. The first-order chi connectivity index (χ1) is 12.0. The topological polar surface area (TPSA) is 88.4 Å². The van der Waals surface area contributed by atoms with E-state index in [0.29, 0.717) is 22.0 Å². The van der Waals surface area contributed by atoms with Crippen LogP contribution in [0.1, 0.15) is 5.56 Å². The van der Waals surface area contributed by atoms with Crippen molar-refractivity contribution in [3.05, 3.63) is 58.1 Å². The Morgan fingerprint density at radius 1 is 1.08 bits per heavy atom. The summed E-state index contributed by atoms with van der Waals surface area (Å²) in [7, 11) is 0. The van der Waals surface area contributed by atoms with Crippen molar-refractivity contribution in [1.82, 2.24) is 0 Å². The summed E-state index contributed by atoms with van der Waals surface area (Å²) >= 11 is 11.8. The van der Waals surface area contributed by atoms with Gasteiger partial charge in [0, 0.05) is 0 Å². The molecule has 128 valence electrons. The predicted molar refractivity (Wildman–Crippen MR) is 92.7 cm³/mol.